The van der Waals surface area contributed by atoms with Gasteiger partial charge in [0, 0.05) is 55.0 Å². The highest BCUT2D eigenvalue weighted by atomic mass is 32.1. The van der Waals surface area contributed by atoms with Crippen LogP contribution in [-0.4, -0.2) is 96.6 Å². The van der Waals surface area contributed by atoms with Gasteiger partial charge in [-0.15, -0.1) is 0 Å². The van der Waals surface area contributed by atoms with Crippen molar-refractivity contribution in [3.05, 3.63) is 119 Å². The number of nitrogens with zero attached hydrogens (tertiary/aromatic N) is 7. The minimum Gasteiger partial charge on any atom is -0.491 e. The third-order valence-corrected chi connectivity index (χ3v) is 14.9. The number of aromatic carboxylic acids is 1. The van der Waals surface area contributed by atoms with Crippen LogP contribution in [0.3, 0.4) is 0 Å². The molecule has 3 aliphatic heterocycles. The Morgan fingerprint density at radius 2 is 1.73 bits per heavy atom. The molecule has 4 aromatic heterocycles. The van der Waals surface area contributed by atoms with Crippen LogP contribution in [0.5, 0.6) is 5.75 Å². The van der Waals surface area contributed by atoms with Crippen molar-refractivity contribution in [1.82, 2.24) is 34.9 Å². The van der Waals surface area contributed by atoms with E-state index < -0.39 is 11.9 Å². The highest BCUT2D eigenvalue weighted by molar-refractivity contribution is 7.22. The molecule has 3 aliphatic rings. The van der Waals surface area contributed by atoms with Gasteiger partial charge in [-0.25, -0.2) is 14.8 Å². The maximum atomic E-state index is 13.6. The van der Waals surface area contributed by atoms with E-state index in [0.29, 0.717) is 77.7 Å². The molecule has 3 aromatic carbocycles. The molecule has 71 heavy (non-hydrogen) atoms. The maximum Gasteiger partial charge on any atom is 0.355 e. The SMILES string of the molecule is Cc1cc(OC(C)CCC2CCN(CC(=O)Nc3ccc4c(C5CCC(=O)NC5=O)nn(C)c4c3)CC2)ccc1-c1ccc(N2CCc3ccnc(C(=O)Nc4nc5ccccc5s4)c3C2)nc1C(=O)O. The number of hydrogen-bond acceptors (Lipinski definition) is 13. The van der Waals surface area contributed by atoms with Gasteiger partial charge < -0.3 is 20.1 Å². The second-order valence-corrected chi connectivity index (χ2v) is 19.8. The van der Waals surface area contributed by atoms with Gasteiger partial charge in [-0.05, 0) is 149 Å². The predicted octanol–water partition coefficient (Wildman–Crippen LogP) is 7.88. The van der Waals surface area contributed by atoms with Crippen molar-refractivity contribution in [2.45, 2.75) is 77.4 Å². The number of likely N-dealkylation sites (tertiary alicyclic amines) is 1. The number of amides is 4. The monoisotopic (exact) mass is 974 g/mol. The number of ether oxygens (including phenoxy) is 1. The lowest BCUT2D eigenvalue weighted by atomic mass is 9.91. The molecule has 2 atom stereocenters. The normalized spacial score (nSPS) is 16.9. The van der Waals surface area contributed by atoms with Gasteiger partial charge in [-0.1, -0.05) is 29.5 Å². The number of carboxylic acid groups (broad SMARTS) is 1. The Balaban J connectivity index is 0.704. The second-order valence-electron chi connectivity index (χ2n) is 18.8. The third-order valence-electron chi connectivity index (χ3n) is 13.9. The number of carbonyl (C=O) groups excluding carboxylic acids is 4. The molecule has 4 N–H and O–H groups in total. The zero-order chi connectivity index (χ0) is 49.3. The lowest BCUT2D eigenvalue weighted by molar-refractivity contribution is -0.134. The number of aryl methyl sites for hydroxylation is 2. The van der Waals surface area contributed by atoms with E-state index in [0.717, 1.165) is 82.1 Å². The minimum absolute atomic E-state index is 0.0413. The fraction of sp³-hybridized carbons (Fsp3) is 0.340. The van der Waals surface area contributed by atoms with Crippen LogP contribution < -0.4 is 25.6 Å². The second kappa shape index (κ2) is 20.0. The summed E-state index contributed by atoms with van der Waals surface area (Å²) < 4.78 is 9.06. The van der Waals surface area contributed by atoms with Crippen LogP contribution in [0.15, 0.2) is 85.1 Å². The van der Waals surface area contributed by atoms with Crippen molar-refractivity contribution in [3.8, 4) is 16.9 Å². The van der Waals surface area contributed by atoms with Crippen LogP contribution in [0.4, 0.5) is 16.6 Å². The molecule has 0 saturated carbocycles. The number of anilines is 3. The fourth-order valence-corrected chi connectivity index (χ4v) is 11.0. The first-order valence-electron chi connectivity index (χ1n) is 24.1. The number of piperidine rings is 2. The Labute approximate surface area is 413 Å². The van der Waals surface area contributed by atoms with Crippen LogP contribution in [0.25, 0.3) is 32.2 Å². The number of aromatic nitrogens is 5. The molecule has 2 fully saturated rings. The van der Waals surface area contributed by atoms with Crippen LogP contribution in [0, 0.1) is 12.8 Å². The molecule has 0 aliphatic carbocycles. The molecule has 0 spiro atoms. The Kier molecular flexibility index (Phi) is 13.3. The van der Waals surface area contributed by atoms with Crippen molar-refractivity contribution in [2.75, 3.05) is 41.7 Å². The summed E-state index contributed by atoms with van der Waals surface area (Å²) in [5.41, 5.74) is 7.04. The number of benzene rings is 3. The van der Waals surface area contributed by atoms with Crippen LogP contribution in [0.1, 0.15) is 94.7 Å². The summed E-state index contributed by atoms with van der Waals surface area (Å²) in [5, 5.41) is 24.7. The zero-order valence-electron chi connectivity index (χ0n) is 39.7. The number of nitrogens with one attached hydrogen (secondary N) is 3. The average molecular weight is 975 g/mol. The number of rotatable bonds is 14. The quantitative estimate of drug-likeness (QED) is 0.0765. The van der Waals surface area contributed by atoms with Crippen molar-refractivity contribution >= 4 is 78.7 Å². The van der Waals surface area contributed by atoms with E-state index in [4.69, 9.17) is 4.74 Å². The first-order chi connectivity index (χ1) is 34.3. The van der Waals surface area contributed by atoms with Crippen LogP contribution in [-0.2, 0) is 34.4 Å². The standard InChI is InChI=1S/C53H54N10O7S/c1-30-26-35(70-31(2)8-9-32-19-23-62(24-20-32)29-46(65)55-34-10-12-38-42(27-34)61(3)60-47(38)39-15-17-45(64)58-50(39)66)11-13-36(30)37-14-16-44(57-49(37)52(68)69)63-25-21-33-18-22-54-48(40(33)28-63)51(67)59-53-56-41-6-4-5-7-43(41)71-53/h4-7,10-14,16,18,22,26-27,31-32,39H,8-9,15,17,19-21,23-25,28-29H2,1-3H3,(H,55,65)(H,68,69)(H,56,59,67)(H,58,64,66). The number of fused-ring (bicyclic) bond motifs is 3. The molecule has 2 saturated heterocycles. The predicted molar refractivity (Wildman–Crippen MR) is 271 cm³/mol. The summed E-state index contributed by atoms with van der Waals surface area (Å²) >= 11 is 1.40. The van der Waals surface area contributed by atoms with Gasteiger partial charge in [0.25, 0.3) is 5.91 Å². The number of hydrogen-bond donors (Lipinski definition) is 4. The molecule has 7 heterocycles. The highest BCUT2D eigenvalue weighted by Gasteiger charge is 2.32. The summed E-state index contributed by atoms with van der Waals surface area (Å²) in [6.07, 6.45) is 6.78. The van der Waals surface area contributed by atoms with E-state index in [-0.39, 0.29) is 41.8 Å². The summed E-state index contributed by atoms with van der Waals surface area (Å²) in [5.74, 6) is -0.932. The molecule has 17 nitrogen and oxygen atoms in total. The molecule has 0 bridgehead atoms. The molecule has 4 amide bonds. The van der Waals surface area contributed by atoms with E-state index >= 15 is 0 Å². The van der Waals surface area contributed by atoms with Crippen molar-refractivity contribution in [1.29, 1.82) is 0 Å². The summed E-state index contributed by atoms with van der Waals surface area (Å²) in [6, 6.07) is 24.6. The summed E-state index contributed by atoms with van der Waals surface area (Å²) in [4.78, 5) is 81.5. The van der Waals surface area contributed by atoms with E-state index in [1.807, 2.05) is 84.6 Å². The van der Waals surface area contributed by atoms with Crippen molar-refractivity contribution < 1.29 is 33.8 Å². The Bertz CT molecular complexity index is 3200. The van der Waals surface area contributed by atoms with E-state index in [2.05, 4.69) is 47.8 Å². The minimum atomic E-state index is -1.14. The summed E-state index contributed by atoms with van der Waals surface area (Å²) in [6.45, 7) is 6.89. The van der Waals surface area contributed by atoms with Gasteiger partial charge in [0.1, 0.15) is 17.3 Å². The summed E-state index contributed by atoms with van der Waals surface area (Å²) in [7, 11) is 1.81. The molecule has 10 rings (SSSR count). The largest absolute Gasteiger partial charge is 0.491 e. The van der Waals surface area contributed by atoms with E-state index in [9.17, 15) is 29.1 Å². The average Bonchev–Trinajstić information content (AvgIpc) is 3.92. The molecule has 364 valence electrons. The van der Waals surface area contributed by atoms with E-state index in [1.54, 1.807) is 24.0 Å². The van der Waals surface area contributed by atoms with Gasteiger partial charge >= 0.3 is 5.97 Å². The molecule has 2 unspecified atom stereocenters. The first-order valence-corrected chi connectivity index (χ1v) is 24.9. The number of carbonyl (C=O) groups is 5. The van der Waals surface area contributed by atoms with Gasteiger partial charge in [-0.2, -0.15) is 5.10 Å². The van der Waals surface area contributed by atoms with Gasteiger partial charge in [0.2, 0.25) is 17.7 Å². The van der Waals surface area contributed by atoms with E-state index in [1.165, 1.54) is 11.3 Å². The van der Waals surface area contributed by atoms with Gasteiger partial charge in [0.05, 0.1) is 40.0 Å². The molecule has 18 heteroatoms. The maximum absolute atomic E-state index is 13.6. The number of para-hydroxylation sites is 1. The molecule has 7 aromatic rings. The highest BCUT2D eigenvalue weighted by Crippen LogP contribution is 2.35. The van der Waals surface area contributed by atoms with Gasteiger partial charge in [-0.3, -0.25) is 44.4 Å². The lowest BCUT2D eigenvalue weighted by Gasteiger charge is -2.32. The fourth-order valence-electron chi connectivity index (χ4n) is 10.1. The topological polar surface area (TPSA) is 214 Å². The Hall–Kier alpha value is -7.57. The number of carboxylic acids is 1. The number of thiazole rings is 1. The smallest absolute Gasteiger partial charge is 0.355 e. The Morgan fingerprint density at radius 1 is 0.915 bits per heavy atom. The molecular formula is C53H54N10O7S. The lowest BCUT2D eigenvalue weighted by Crippen LogP contribution is -2.39. The number of imide groups is 1. The Morgan fingerprint density at radius 3 is 2.52 bits per heavy atom. The molecule has 0 radical (unpaired) electrons. The van der Waals surface area contributed by atoms with Crippen molar-refractivity contribution in [2.24, 2.45) is 13.0 Å². The number of pyridine rings is 2. The van der Waals surface area contributed by atoms with Crippen LogP contribution >= 0.6 is 11.3 Å². The molecular weight excluding hydrogens is 921 g/mol. The first kappa shape index (κ1) is 47.1. The van der Waals surface area contributed by atoms with Gasteiger partial charge in [0.15, 0.2) is 10.8 Å². The zero-order valence-corrected chi connectivity index (χ0v) is 40.6. The third kappa shape index (κ3) is 10.2. The van der Waals surface area contributed by atoms with Crippen molar-refractivity contribution in [3.63, 3.8) is 0 Å². The van der Waals surface area contributed by atoms with Crippen LogP contribution in [0.2, 0.25) is 0 Å².